The number of carbonyl (C=O) groups excluding carboxylic acids is 1. The topological polar surface area (TPSA) is 106 Å². The van der Waals surface area contributed by atoms with Crippen LogP contribution in [0.5, 0.6) is 0 Å². The first-order valence-corrected chi connectivity index (χ1v) is 9.34. The lowest BCUT2D eigenvalue weighted by molar-refractivity contribution is 0.102. The van der Waals surface area contributed by atoms with Crippen molar-refractivity contribution in [2.75, 3.05) is 5.32 Å². The highest BCUT2D eigenvalue weighted by Gasteiger charge is 2.17. The average Bonchev–Trinajstić information content (AvgIpc) is 3.36. The molecule has 4 aromatic heterocycles. The van der Waals surface area contributed by atoms with Crippen LogP contribution in [0.15, 0.2) is 52.9 Å². The van der Waals surface area contributed by atoms with Crippen LogP contribution < -0.4 is 10.9 Å². The van der Waals surface area contributed by atoms with E-state index in [0.29, 0.717) is 28.3 Å². The average molecular weight is 392 g/mol. The van der Waals surface area contributed by atoms with E-state index in [-0.39, 0.29) is 17.4 Å². The summed E-state index contributed by atoms with van der Waals surface area (Å²) in [4.78, 5) is 36.8. The monoisotopic (exact) mass is 392 g/mol. The molecule has 2 N–H and O–H groups in total. The van der Waals surface area contributed by atoms with Gasteiger partial charge in [-0.05, 0) is 37.4 Å². The summed E-state index contributed by atoms with van der Waals surface area (Å²) in [5.41, 5.74) is 2.01. The molecule has 4 heterocycles. The predicted molar refractivity (Wildman–Crippen MR) is 107 cm³/mol. The third-order valence-electron chi connectivity index (χ3n) is 4.25. The van der Waals surface area contributed by atoms with Gasteiger partial charge in [0.2, 0.25) is 5.95 Å². The molecule has 0 aliphatic rings. The zero-order valence-corrected chi connectivity index (χ0v) is 15.9. The molecule has 8 nitrogen and oxygen atoms in total. The molecule has 4 rings (SSSR count). The summed E-state index contributed by atoms with van der Waals surface area (Å²) in [5, 5.41) is 9.33. The quantitative estimate of drug-likeness (QED) is 0.555. The number of aromatic nitrogens is 5. The highest BCUT2D eigenvalue weighted by Crippen LogP contribution is 2.27. The van der Waals surface area contributed by atoms with Crippen LogP contribution in [0, 0.1) is 13.8 Å². The third-order valence-corrected chi connectivity index (χ3v) is 5.14. The Morgan fingerprint density at radius 3 is 2.68 bits per heavy atom. The number of aromatic amines is 1. The lowest BCUT2D eigenvalue weighted by atomic mass is 10.2. The molecule has 0 aliphatic heterocycles. The summed E-state index contributed by atoms with van der Waals surface area (Å²) in [6.45, 7) is 3.46. The molecule has 1 amide bonds. The summed E-state index contributed by atoms with van der Waals surface area (Å²) in [6.07, 6.45) is 3.09. The van der Waals surface area contributed by atoms with E-state index in [1.54, 1.807) is 44.4 Å². The van der Waals surface area contributed by atoms with Gasteiger partial charge in [0, 0.05) is 35.3 Å². The van der Waals surface area contributed by atoms with Crippen molar-refractivity contribution in [2.24, 2.45) is 0 Å². The van der Waals surface area contributed by atoms with E-state index in [2.05, 4.69) is 25.4 Å². The minimum absolute atomic E-state index is 0.237. The van der Waals surface area contributed by atoms with Gasteiger partial charge in [0.15, 0.2) is 0 Å². The maximum Gasteiger partial charge on any atom is 0.256 e. The first-order chi connectivity index (χ1) is 13.5. The number of thiophene rings is 1. The second-order valence-electron chi connectivity index (χ2n) is 6.09. The van der Waals surface area contributed by atoms with Crippen molar-refractivity contribution in [1.29, 1.82) is 0 Å². The minimum atomic E-state index is -0.313. The molecule has 140 valence electrons. The van der Waals surface area contributed by atoms with Crippen molar-refractivity contribution in [1.82, 2.24) is 24.7 Å². The van der Waals surface area contributed by atoms with Crippen LogP contribution >= 0.6 is 11.3 Å². The minimum Gasteiger partial charge on any atom is -0.306 e. The number of anilines is 1. The molecule has 0 bridgehead atoms. The number of hydrogen-bond acceptors (Lipinski definition) is 6. The van der Waals surface area contributed by atoms with Crippen LogP contribution in [0.4, 0.5) is 5.82 Å². The van der Waals surface area contributed by atoms with Gasteiger partial charge in [-0.15, -0.1) is 11.3 Å². The van der Waals surface area contributed by atoms with Crippen LogP contribution in [0.3, 0.4) is 0 Å². The van der Waals surface area contributed by atoms with E-state index in [1.807, 2.05) is 17.5 Å². The maximum atomic E-state index is 12.6. The Morgan fingerprint density at radius 1 is 1.21 bits per heavy atom. The molecule has 0 aliphatic carbocycles. The van der Waals surface area contributed by atoms with Crippen LogP contribution in [-0.2, 0) is 0 Å². The first-order valence-electron chi connectivity index (χ1n) is 8.46. The van der Waals surface area contributed by atoms with Gasteiger partial charge in [-0.3, -0.25) is 19.6 Å². The molecule has 9 heteroatoms. The molecule has 28 heavy (non-hydrogen) atoms. The number of rotatable bonds is 4. The lowest BCUT2D eigenvalue weighted by Gasteiger charge is -2.09. The molecule has 0 saturated heterocycles. The molecule has 0 fully saturated rings. The van der Waals surface area contributed by atoms with Crippen LogP contribution in [0.1, 0.15) is 21.6 Å². The van der Waals surface area contributed by atoms with Crippen molar-refractivity contribution in [3.8, 4) is 16.5 Å². The third kappa shape index (κ3) is 3.35. The van der Waals surface area contributed by atoms with E-state index in [1.165, 1.54) is 16.0 Å². The Kier molecular flexibility index (Phi) is 4.58. The molecule has 0 unspecified atom stereocenters. The van der Waals surface area contributed by atoms with Crippen LogP contribution in [0.2, 0.25) is 0 Å². The van der Waals surface area contributed by atoms with E-state index in [9.17, 15) is 9.59 Å². The van der Waals surface area contributed by atoms with Gasteiger partial charge in [0.25, 0.3) is 11.5 Å². The number of carbonyl (C=O) groups is 1. The zero-order chi connectivity index (χ0) is 19.7. The summed E-state index contributed by atoms with van der Waals surface area (Å²) in [7, 11) is 0. The Morgan fingerprint density at radius 2 is 2.00 bits per heavy atom. The Bertz CT molecular complexity index is 1200. The van der Waals surface area contributed by atoms with Crippen molar-refractivity contribution in [3.63, 3.8) is 0 Å². The molecular weight excluding hydrogens is 376 g/mol. The fraction of sp³-hybridized carbons (Fsp3) is 0.105. The zero-order valence-electron chi connectivity index (χ0n) is 15.1. The molecule has 4 aromatic rings. The van der Waals surface area contributed by atoms with Crippen molar-refractivity contribution in [3.05, 3.63) is 75.3 Å². The normalized spacial score (nSPS) is 10.8. The second kappa shape index (κ2) is 7.20. The van der Waals surface area contributed by atoms with Gasteiger partial charge in [-0.1, -0.05) is 6.07 Å². The number of aryl methyl sites for hydroxylation is 1. The van der Waals surface area contributed by atoms with Crippen molar-refractivity contribution >= 4 is 23.1 Å². The van der Waals surface area contributed by atoms with E-state index in [4.69, 9.17) is 0 Å². The number of hydrogen-bond donors (Lipinski definition) is 2. The maximum absolute atomic E-state index is 12.6. The van der Waals surface area contributed by atoms with Crippen LogP contribution in [0.25, 0.3) is 16.5 Å². The van der Waals surface area contributed by atoms with Crippen LogP contribution in [-0.4, -0.2) is 30.6 Å². The van der Waals surface area contributed by atoms with E-state index < -0.39 is 0 Å². The molecule has 0 spiro atoms. The van der Waals surface area contributed by atoms with E-state index in [0.717, 1.165) is 4.88 Å². The number of nitrogens with one attached hydrogen (secondary N) is 2. The Labute approximate surface area is 163 Å². The molecule has 0 saturated carbocycles. The Hall–Kier alpha value is -3.59. The van der Waals surface area contributed by atoms with Crippen molar-refractivity contribution in [2.45, 2.75) is 13.8 Å². The highest BCUT2D eigenvalue weighted by atomic mass is 32.1. The van der Waals surface area contributed by atoms with Gasteiger partial charge < -0.3 is 5.32 Å². The Balaban J connectivity index is 1.80. The molecule has 0 aromatic carbocycles. The number of amides is 1. The summed E-state index contributed by atoms with van der Waals surface area (Å²) in [5.74, 6) is 0.324. The highest BCUT2D eigenvalue weighted by molar-refractivity contribution is 7.13. The second-order valence-corrected chi connectivity index (χ2v) is 7.04. The van der Waals surface area contributed by atoms with Gasteiger partial charge in [0.1, 0.15) is 11.5 Å². The lowest BCUT2D eigenvalue weighted by Crippen LogP contribution is -2.20. The van der Waals surface area contributed by atoms with Gasteiger partial charge in [-0.2, -0.15) is 9.78 Å². The smallest absolute Gasteiger partial charge is 0.256 e. The van der Waals surface area contributed by atoms with Gasteiger partial charge in [-0.25, -0.2) is 4.98 Å². The standard InChI is InChI=1S/C19H16N6O2S/c1-11-12(2)21-19(23-17(11)26)25-16(10-14(24-25)15-4-3-9-28-15)22-18(27)13-5-7-20-8-6-13/h3-10H,1-2H3,(H,22,27)(H,21,23,26). The van der Waals surface area contributed by atoms with Gasteiger partial charge in [0.05, 0.1) is 4.88 Å². The largest absolute Gasteiger partial charge is 0.306 e. The first kappa shape index (κ1) is 17.8. The predicted octanol–water partition coefficient (Wildman–Crippen LogP) is 2.95. The molecular formula is C19H16N6O2S. The number of pyridine rings is 1. The summed E-state index contributed by atoms with van der Waals surface area (Å²) in [6, 6.07) is 8.84. The fourth-order valence-electron chi connectivity index (χ4n) is 2.60. The van der Waals surface area contributed by atoms with Crippen molar-refractivity contribution < 1.29 is 4.79 Å². The molecule has 0 radical (unpaired) electrons. The SMILES string of the molecule is Cc1nc(-n2nc(-c3cccs3)cc2NC(=O)c2ccncc2)[nH]c(=O)c1C. The summed E-state index contributed by atoms with van der Waals surface area (Å²) >= 11 is 1.53. The van der Waals surface area contributed by atoms with E-state index >= 15 is 0 Å². The summed E-state index contributed by atoms with van der Waals surface area (Å²) < 4.78 is 1.43. The fourth-order valence-corrected chi connectivity index (χ4v) is 3.28. The number of nitrogens with zero attached hydrogens (tertiary/aromatic N) is 4. The van der Waals surface area contributed by atoms with Gasteiger partial charge >= 0.3 is 0 Å². The number of H-pyrrole nitrogens is 1. The molecule has 0 atom stereocenters.